The summed E-state index contributed by atoms with van der Waals surface area (Å²) in [5, 5.41) is 14.0. The summed E-state index contributed by atoms with van der Waals surface area (Å²) in [5.41, 5.74) is -0.121. The molecule has 8 heteroatoms. The van der Waals surface area contributed by atoms with Crippen LogP contribution in [0.2, 0.25) is 0 Å². The van der Waals surface area contributed by atoms with E-state index in [0.29, 0.717) is 11.0 Å². The third-order valence-corrected chi connectivity index (χ3v) is 3.43. The lowest BCUT2D eigenvalue weighted by Crippen LogP contribution is -2.00. The van der Waals surface area contributed by atoms with Gasteiger partial charge in [-0.15, -0.1) is 0 Å². The van der Waals surface area contributed by atoms with Crippen molar-refractivity contribution in [2.75, 3.05) is 19.5 Å². The Balaban J connectivity index is 2.32. The fourth-order valence-corrected chi connectivity index (χ4v) is 2.30. The number of benzene rings is 1. The first-order chi connectivity index (χ1) is 9.63. The van der Waals surface area contributed by atoms with Crippen LogP contribution in [0.1, 0.15) is 0 Å². The van der Waals surface area contributed by atoms with Crippen molar-refractivity contribution >= 4 is 23.4 Å². The number of methoxy groups -OCH3 is 1. The summed E-state index contributed by atoms with van der Waals surface area (Å²) in [5.74, 6) is 1.06. The normalized spacial score (nSPS) is 10.1. The third kappa shape index (κ3) is 3.15. The van der Waals surface area contributed by atoms with Crippen molar-refractivity contribution in [1.82, 2.24) is 9.97 Å². The van der Waals surface area contributed by atoms with E-state index in [0.717, 1.165) is 10.6 Å². The summed E-state index contributed by atoms with van der Waals surface area (Å²) in [6.45, 7) is 0. The number of hydrogen-bond donors (Lipinski definition) is 1. The van der Waals surface area contributed by atoms with Crippen LogP contribution in [0.3, 0.4) is 0 Å². The smallest absolute Gasteiger partial charge is 0.320 e. The molecule has 2 aromatic rings. The molecule has 0 unspecified atom stereocenters. The molecule has 0 aliphatic heterocycles. The lowest BCUT2D eigenvalue weighted by molar-refractivity contribution is -0.388. The standard InChI is InChI=1S/C12H12N4O3S/c1-13-12-14-7-10(16(17)18)11(15-12)20-9-5-3-8(19-2)4-6-9/h3-7H,1-2H3,(H,13,14,15). The van der Waals surface area contributed by atoms with Crippen LogP contribution >= 0.6 is 11.8 Å². The van der Waals surface area contributed by atoms with Gasteiger partial charge in [0, 0.05) is 11.9 Å². The van der Waals surface area contributed by atoms with E-state index in [9.17, 15) is 10.1 Å². The van der Waals surface area contributed by atoms with Crippen molar-refractivity contribution in [1.29, 1.82) is 0 Å². The molecular formula is C12H12N4O3S. The molecule has 0 amide bonds. The minimum Gasteiger partial charge on any atom is -0.497 e. The van der Waals surface area contributed by atoms with Crippen LogP contribution in [0.4, 0.5) is 11.6 Å². The molecule has 7 nitrogen and oxygen atoms in total. The van der Waals surface area contributed by atoms with E-state index in [1.165, 1.54) is 18.0 Å². The molecule has 0 aliphatic carbocycles. The van der Waals surface area contributed by atoms with Gasteiger partial charge in [0.1, 0.15) is 11.9 Å². The van der Waals surface area contributed by atoms with Crippen molar-refractivity contribution < 1.29 is 9.66 Å². The van der Waals surface area contributed by atoms with Crippen LogP contribution in [-0.2, 0) is 0 Å². The summed E-state index contributed by atoms with van der Waals surface area (Å²) < 4.78 is 5.06. The van der Waals surface area contributed by atoms with E-state index in [-0.39, 0.29) is 5.69 Å². The molecular weight excluding hydrogens is 280 g/mol. The Labute approximate surface area is 119 Å². The van der Waals surface area contributed by atoms with Crippen LogP contribution in [0.5, 0.6) is 5.75 Å². The van der Waals surface area contributed by atoms with E-state index in [2.05, 4.69) is 15.3 Å². The summed E-state index contributed by atoms with van der Waals surface area (Å²) in [6.07, 6.45) is 1.20. The summed E-state index contributed by atoms with van der Waals surface area (Å²) in [6, 6.07) is 7.20. The topological polar surface area (TPSA) is 90.2 Å². The van der Waals surface area contributed by atoms with Crippen LogP contribution in [0.15, 0.2) is 40.4 Å². The van der Waals surface area contributed by atoms with E-state index in [1.54, 1.807) is 26.3 Å². The van der Waals surface area contributed by atoms with Gasteiger partial charge in [0.25, 0.3) is 0 Å². The molecule has 0 bridgehead atoms. The maximum Gasteiger partial charge on any atom is 0.320 e. The number of rotatable bonds is 5. The first-order valence-corrected chi connectivity index (χ1v) is 6.46. The zero-order valence-corrected chi connectivity index (χ0v) is 11.7. The highest BCUT2D eigenvalue weighted by molar-refractivity contribution is 7.99. The molecule has 0 atom stereocenters. The van der Waals surface area contributed by atoms with Crippen molar-refractivity contribution in [3.63, 3.8) is 0 Å². The molecule has 1 heterocycles. The number of ether oxygens (including phenoxy) is 1. The molecule has 1 N–H and O–H groups in total. The molecule has 104 valence electrons. The molecule has 1 aromatic heterocycles. The van der Waals surface area contributed by atoms with Gasteiger partial charge in [-0.2, -0.15) is 4.98 Å². The third-order valence-electron chi connectivity index (χ3n) is 2.43. The molecule has 0 spiro atoms. The molecule has 0 fully saturated rings. The average Bonchev–Trinajstić information content (AvgIpc) is 2.47. The minimum absolute atomic E-state index is 0.121. The van der Waals surface area contributed by atoms with Gasteiger partial charge in [-0.25, -0.2) is 4.98 Å². The lowest BCUT2D eigenvalue weighted by Gasteiger charge is -2.05. The number of nitrogens with zero attached hydrogens (tertiary/aromatic N) is 3. The fraction of sp³-hybridized carbons (Fsp3) is 0.167. The SMILES string of the molecule is CNc1ncc([N+](=O)[O-])c(Sc2ccc(OC)cc2)n1. The van der Waals surface area contributed by atoms with Crippen LogP contribution in [-0.4, -0.2) is 29.0 Å². The summed E-state index contributed by atoms with van der Waals surface area (Å²) in [4.78, 5) is 19.3. The molecule has 1 aromatic carbocycles. The van der Waals surface area contributed by atoms with Gasteiger partial charge in [0.05, 0.1) is 12.0 Å². The molecule has 0 aliphatic rings. The Morgan fingerprint density at radius 3 is 2.60 bits per heavy atom. The van der Waals surface area contributed by atoms with Gasteiger partial charge in [-0.05, 0) is 24.3 Å². The quantitative estimate of drug-likeness (QED) is 0.514. The Hall–Kier alpha value is -2.35. The highest BCUT2D eigenvalue weighted by atomic mass is 32.2. The van der Waals surface area contributed by atoms with E-state index >= 15 is 0 Å². The van der Waals surface area contributed by atoms with Crippen LogP contribution < -0.4 is 10.1 Å². The van der Waals surface area contributed by atoms with E-state index < -0.39 is 4.92 Å². The monoisotopic (exact) mass is 292 g/mol. The summed E-state index contributed by atoms with van der Waals surface area (Å²) in [7, 11) is 3.24. The van der Waals surface area contributed by atoms with Gasteiger partial charge in [-0.1, -0.05) is 11.8 Å². The Morgan fingerprint density at radius 2 is 2.05 bits per heavy atom. The number of aromatic nitrogens is 2. The minimum atomic E-state index is -0.495. The number of hydrogen-bond acceptors (Lipinski definition) is 7. The van der Waals surface area contributed by atoms with E-state index in [4.69, 9.17) is 4.74 Å². The Morgan fingerprint density at radius 1 is 1.35 bits per heavy atom. The predicted molar refractivity (Wildman–Crippen MR) is 75.4 cm³/mol. The number of nitro groups is 1. The van der Waals surface area contributed by atoms with Crippen LogP contribution in [0.25, 0.3) is 0 Å². The summed E-state index contributed by atoms with van der Waals surface area (Å²) >= 11 is 1.20. The van der Waals surface area contributed by atoms with Gasteiger partial charge in [0.2, 0.25) is 5.95 Å². The molecule has 20 heavy (non-hydrogen) atoms. The fourth-order valence-electron chi connectivity index (χ4n) is 1.44. The first-order valence-electron chi connectivity index (χ1n) is 5.65. The second kappa shape index (κ2) is 6.20. The maximum atomic E-state index is 11.0. The molecule has 0 saturated carbocycles. The van der Waals surface area contributed by atoms with Crippen molar-refractivity contribution in [3.05, 3.63) is 40.6 Å². The van der Waals surface area contributed by atoms with Gasteiger partial charge < -0.3 is 10.1 Å². The van der Waals surface area contributed by atoms with Crippen molar-refractivity contribution in [2.45, 2.75) is 9.92 Å². The van der Waals surface area contributed by atoms with Crippen LogP contribution in [0, 0.1) is 10.1 Å². The van der Waals surface area contributed by atoms with Crippen molar-refractivity contribution in [2.24, 2.45) is 0 Å². The lowest BCUT2D eigenvalue weighted by atomic mass is 10.3. The predicted octanol–water partition coefficient (Wildman–Crippen LogP) is 2.59. The zero-order chi connectivity index (χ0) is 14.5. The highest BCUT2D eigenvalue weighted by Gasteiger charge is 2.18. The van der Waals surface area contributed by atoms with Crippen molar-refractivity contribution in [3.8, 4) is 5.75 Å². The molecule has 0 radical (unpaired) electrons. The highest BCUT2D eigenvalue weighted by Crippen LogP contribution is 2.33. The number of anilines is 1. The molecule has 0 saturated heterocycles. The largest absolute Gasteiger partial charge is 0.497 e. The maximum absolute atomic E-state index is 11.0. The molecule has 2 rings (SSSR count). The van der Waals surface area contributed by atoms with Gasteiger partial charge in [0.15, 0.2) is 5.03 Å². The van der Waals surface area contributed by atoms with Gasteiger partial charge in [-0.3, -0.25) is 10.1 Å². The second-order valence-corrected chi connectivity index (χ2v) is 4.73. The average molecular weight is 292 g/mol. The van der Waals surface area contributed by atoms with E-state index in [1.807, 2.05) is 12.1 Å². The Kier molecular flexibility index (Phi) is 4.36. The zero-order valence-electron chi connectivity index (χ0n) is 10.9. The Bertz CT molecular complexity index is 619. The first kappa shape index (κ1) is 14.1. The number of nitrogens with one attached hydrogen (secondary N) is 1. The van der Waals surface area contributed by atoms with Gasteiger partial charge >= 0.3 is 5.69 Å². The second-order valence-electron chi connectivity index (χ2n) is 3.67.